The quantitative estimate of drug-likeness (QED) is 0.730. The highest BCUT2D eigenvalue weighted by atomic mass is 16.1. The van der Waals surface area contributed by atoms with Crippen molar-refractivity contribution in [3.63, 3.8) is 0 Å². The van der Waals surface area contributed by atoms with Crippen LogP contribution in [0.1, 0.15) is 12.8 Å². The highest BCUT2D eigenvalue weighted by Gasteiger charge is 2.22. The van der Waals surface area contributed by atoms with Crippen LogP contribution in [0.4, 0.5) is 5.82 Å². The number of H-pyrrole nitrogens is 1. The van der Waals surface area contributed by atoms with Crippen LogP contribution in [0.15, 0.2) is 17.2 Å². The Bertz CT molecular complexity index is 376. The van der Waals surface area contributed by atoms with Crippen molar-refractivity contribution in [2.45, 2.75) is 12.8 Å². The Morgan fingerprint density at radius 1 is 1.67 bits per heavy atom. The Labute approximate surface area is 88.3 Å². The number of hydrogen-bond acceptors (Lipinski definition) is 4. The van der Waals surface area contributed by atoms with Crippen LogP contribution in [-0.4, -0.2) is 29.6 Å². The molecule has 1 atom stereocenters. The average Bonchev–Trinajstić information content (AvgIpc) is 2.67. The second-order valence-electron chi connectivity index (χ2n) is 3.95. The van der Waals surface area contributed by atoms with E-state index in [9.17, 15) is 4.79 Å². The summed E-state index contributed by atoms with van der Waals surface area (Å²) in [7, 11) is 0. The molecule has 15 heavy (non-hydrogen) atoms. The van der Waals surface area contributed by atoms with Crippen molar-refractivity contribution in [1.82, 2.24) is 9.97 Å². The molecule has 0 aromatic carbocycles. The van der Waals surface area contributed by atoms with E-state index in [-0.39, 0.29) is 5.56 Å². The Balaban J connectivity index is 2.04. The second-order valence-corrected chi connectivity index (χ2v) is 3.95. The SMILES string of the molecule is NCCC1CCN(c2cc(=O)[nH]cn2)C1. The molecular weight excluding hydrogens is 192 g/mol. The molecule has 5 heteroatoms. The minimum Gasteiger partial charge on any atom is -0.356 e. The van der Waals surface area contributed by atoms with Gasteiger partial charge in [0, 0.05) is 19.2 Å². The van der Waals surface area contributed by atoms with Crippen LogP contribution >= 0.6 is 0 Å². The monoisotopic (exact) mass is 208 g/mol. The van der Waals surface area contributed by atoms with Crippen LogP contribution in [0.2, 0.25) is 0 Å². The first-order valence-corrected chi connectivity index (χ1v) is 5.29. The molecule has 0 saturated carbocycles. The molecule has 82 valence electrons. The topological polar surface area (TPSA) is 75.0 Å². The fourth-order valence-electron chi connectivity index (χ4n) is 2.04. The molecule has 0 spiro atoms. The summed E-state index contributed by atoms with van der Waals surface area (Å²) >= 11 is 0. The first kappa shape index (κ1) is 10.2. The molecule has 1 saturated heterocycles. The molecule has 1 fully saturated rings. The van der Waals surface area contributed by atoms with Crippen molar-refractivity contribution in [3.05, 3.63) is 22.7 Å². The highest BCUT2D eigenvalue weighted by molar-refractivity contribution is 5.37. The lowest BCUT2D eigenvalue weighted by atomic mass is 10.1. The molecule has 0 amide bonds. The summed E-state index contributed by atoms with van der Waals surface area (Å²) in [5.41, 5.74) is 5.43. The number of rotatable bonds is 3. The molecule has 1 unspecified atom stereocenters. The van der Waals surface area contributed by atoms with Gasteiger partial charge in [0.2, 0.25) is 0 Å². The van der Waals surface area contributed by atoms with Crippen LogP contribution < -0.4 is 16.2 Å². The summed E-state index contributed by atoms with van der Waals surface area (Å²) < 4.78 is 0. The van der Waals surface area contributed by atoms with Crippen LogP contribution in [0.25, 0.3) is 0 Å². The molecule has 0 radical (unpaired) electrons. The molecular formula is C10H16N4O. The summed E-state index contributed by atoms with van der Waals surface area (Å²) in [6.07, 6.45) is 3.65. The number of hydrogen-bond donors (Lipinski definition) is 2. The average molecular weight is 208 g/mol. The predicted molar refractivity (Wildman–Crippen MR) is 58.8 cm³/mol. The van der Waals surface area contributed by atoms with Gasteiger partial charge in [0.25, 0.3) is 5.56 Å². The third-order valence-electron chi connectivity index (χ3n) is 2.85. The van der Waals surface area contributed by atoms with Crippen molar-refractivity contribution in [3.8, 4) is 0 Å². The van der Waals surface area contributed by atoms with Crippen molar-refractivity contribution >= 4 is 5.82 Å². The minimum absolute atomic E-state index is 0.0951. The maximum Gasteiger partial charge on any atom is 0.252 e. The lowest BCUT2D eigenvalue weighted by Crippen LogP contribution is -2.23. The maximum atomic E-state index is 11.1. The summed E-state index contributed by atoms with van der Waals surface area (Å²) in [5, 5.41) is 0. The van der Waals surface area contributed by atoms with E-state index in [0.717, 1.165) is 38.3 Å². The number of nitrogens with zero attached hydrogens (tertiary/aromatic N) is 2. The molecule has 3 N–H and O–H groups in total. The van der Waals surface area contributed by atoms with Crippen molar-refractivity contribution in [2.75, 3.05) is 24.5 Å². The van der Waals surface area contributed by atoms with Gasteiger partial charge in [-0.15, -0.1) is 0 Å². The highest BCUT2D eigenvalue weighted by Crippen LogP contribution is 2.22. The zero-order valence-corrected chi connectivity index (χ0v) is 8.65. The van der Waals surface area contributed by atoms with E-state index in [1.54, 1.807) is 6.07 Å². The van der Waals surface area contributed by atoms with Gasteiger partial charge < -0.3 is 15.6 Å². The molecule has 1 aromatic rings. The fraction of sp³-hybridized carbons (Fsp3) is 0.600. The number of anilines is 1. The Kier molecular flexibility index (Phi) is 3.01. The Morgan fingerprint density at radius 3 is 3.27 bits per heavy atom. The number of aromatic nitrogens is 2. The lowest BCUT2D eigenvalue weighted by Gasteiger charge is -2.16. The fourth-order valence-corrected chi connectivity index (χ4v) is 2.04. The summed E-state index contributed by atoms with van der Waals surface area (Å²) in [4.78, 5) is 19.9. The minimum atomic E-state index is -0.0951. The van der Waals surface area contributed by atoms with Gasteiger partial charge in [0.15, 0.2) is 0 Å². The third-order valence-corrected chi connectivity index (χ3v) is 2.85. The van der Waals surface area contributed by atoms with Gasteiger partial charge in [-0.2, -0.15) is 0 Å². The van der Waals surface area contributed by atoms with Gasteiger partial charge in [-0.1, -0.05) is 0 Å². The van der Waals surface area contributed by atoms with Gasteiger partial charge in [0.05, 0.1) is 6.33 Å². The van der Waals surface area contributed by atoms with Crippen LogP contribution in [-0.2, 0) is 0 Å². The van der Waals surface area contributed by atoms with E-state index < -0.39 is 0 Å². The Hall–Kier alpha value is -1.36. The maximum absolute atomic E-state index is 11.1. The summed E-state index contributed by atoms with van der Waals surface area (Å²) in [5.74, 6) is 1.43. The number of aromatic amines is 1. The first-order chi connectivity index (χ1) is 7.29. The van der Waals surface area contributed by atoms with Crippen LogP contribution in [0, 0.1) is 5.92 Å². The van der Waals surface area contributed by atoms with Gasteiger partial charge in [-0.05, 0) is 25.3 Å². The van der Waals surface area contributed by atoms with E-state index in [1.165, 1.54) is 6.33 Å². The van der Waals surface area contributed by atoms with Crippen LogP contribution in [0.5, 0.6) is 0 Å². The molecule has 1 aliphatic rings. The van der Waals surface area contributed by atoms with Crippen LogP contribution in [0.3, 0.4) is 0 Å². The van der Waals surface area contributed by atoms with Gasteiger partial charge in [-0.25, -0.2) is 4.98 Å². The van der Waals surface area contributed by atoms with Gasteiger partial charge >= 0.3 is 0 Å². The molecule has 0 bridgehead atoms. The van der Waals surface area contributed by atoms with E-state index in [1.807, 2.05) is 0 Å². The van der Waals surface area contributed by atoms with E-state index in [4.69, 9.17) is 5.73 Å². The molecule has 5 nitrogen and oxygen atoms in total. The van der Waals surface area contributed by atoms with Gasteiger partial charge in [-0.3, -0.25) is 4.79 Å². The van der Waals surface area contributed by atoms with E-state index in [0.29, 0.717) is 5.92 Å². The molecule has 1 aromatic heterocycles. The summed E-state index contributed by atoms with van der Waals surface area (Å²) in [6, 6.07) is 1.55. The molecule has 2 rings (SSSR count). The number of nitrogens with one attached hydrogen (secondary N) is 1. The van der Waals surface area contributed by atoms with E-state index in [2.05, 4.69) is 14.9 Å². The summed E-state index contributed by atoms with van der Waals surface area (Å²) in [6.45, 7) is 2.68. The first-order valence-electron chi connectivity index (χ1n) is 5.29. The molecule has 2 heterocycles. The predicted octanol–water partition coefficient (Wildman–Crippen LogP) is -0.0550. The third kappa shape index (κ3) is 2.36. The zero-order chi connectivity index (χ0) is 10.7. The second kappa shape index (κ2) is 4.44. The Morgan fingerprint density at radius 2 is 2.53 bits per heavy atom. The number of nitrogens with two attached hydrogens (primary N) is 1. The van der Waals surface area contributed by atoms with Crippen molar-refractivity contribution in [1.29, 1.82) is 0 Å². The van der Waals surface area contributed by atoms with Crippen molar-refractivity contribution in [2.24, 2.45) is 11.7 Å². The normalized spacial score (nSPS) is 20.9. The largest absolute Gasteiger partial charge is 0.356 e. The smallest absolute Gasteiger partial charge is 0.252 e. The van der Waals surface area contributed by atoms with Crippen molar-refractivity contribution < 1.29 is 0 Å². The van der Waals surface area contributed by atoms with E-state index >= 15 is 0 Å². The lowest BCUT2D eigenvalue weighted by molar-refractivity contribution is 0.546. The van der Waals surface area contributed by atoms with Gasteiger partial charge in [0.1, 0.15) is 5.82 Å². The standard InChI is InChI=1S/C10H16N4O/c11-3-1-8-2-4-14(6-8)9-5-10(15)13-7-12-9/h5,7-8H,1-4,6,11H2,(H,12,13,15). The zero-order valence-electron chi connectivity index (χ0n) is 8.65. The molecule has 0 aliphatic carbocycles. The molecule has 1 aliphatic heterocycles.